The summed E-state index contributed by atoms with van der Waals surface area (Å²) in [7, 11) is 6.50. The average molecular weight is 1100 g/mol. The largest absolute Gasteiger partial charge is 0.433 e. The second kappa shape index (κ2) is 22.4. The molecule has 9 rings (SSSR count). The fourth-order valence-corrected chi connectivity index (χ4v) is 8.68. The van der Waals surface area contributed by atoms with Crippen LogP contribution in [-0.4, -0.2) is 115 Å². The number of nitrogens with one attached hydrogen (secondary N) is 7. The number of likely N-dealkylation sites (N-methyl/N-ethyl adjacent to an activating group) is 1. The van der Waals surface area contributed by atoms with Gasteiger partial charge in [-0.3, -0.25) is 19.3 Å². The van der Waals surface area contributed by atoms with Gasteiger partial charge in [0.2, 0.25) is 5.91 Å². The van der Waals surface area contributed by atoms with Crippen LogP contribution in [0, 0.1) is 20.8 Å². The summed E-state index contributed by atoms with van der Waals surface area (Å²) in [6, 6.07) is 19.8. The van der Waals surface area contributed by atoms with E-state index in [0.717, 1.165) is 12.1 Å². The monoisotopic (exact) mass is 1100 g/mol. The summed E-state index contributed by atoms with van der Waals surface area (Å²) in [5, 5.41) is 30.5. The van der Waals surface area contributed by atoms with Crippen molar-refractivity contribution < 1.29 is 40.7 Å². The molecule has 0 aliphatic carbocycles. The van der Waals surface area contributed by atoms with Gasteiger partial charge < -0.3 is 42.1 Å². The van der Waals surface area contributed by atoms with Crippen molar-refractivity contribution in [3.8, 4) is 11.6 Å². The van der Waals surface area contributed by atoms with Crippen molar-refractivity contribution >= 4 is 75.2 Å². The number of carbonyl (C=O) groups is 3. The van der Waals surface area contributed by atoms with E-state index in [9.17, 15) is 40.7 Å². The number of aryl methyl sites for hydroxylation is 2. The molecule has 0 spiro atoms. The number of rotatable bonds is 16. The minimum Gasteiger partial charge on any atom is -0.373 e. The third-order valence-electron chi connectivity index (χ3n) is 12.9. The maximum atomic E-state index is 14.5. The smallest absolute Gasteiger partial charge is 0.373 e. The summed E-state index contributed by atoms with van der Waals surface area (Å²) in [6.07, 6.45) is -6.86. The number of benzene rings is 3. The molecule has 27 heteroatoms. The Hall–Kier alpha value is -9.66. The molecule has 3 amide bonds. The first kappa shape index (κ1) is 55.1. The Kier molecular flexibility index (Phi) is 15.4. The van der Waals surface area contributed by atoms with Gasteiger partial charge in [0.15, 0.2) is 11.6 Å². The maximum Gasteiger partial charge on any atom is 0.433 e. The number of hydrogen-bond donors (Lipinski definition) is 7. The molecule has 1 aliphatic heterocycles. The minimum absolute atomic E-state index is 0.0178. The van der Waals surface area contributed by atoms with Crippen molar-refractivity contribution in [3.05, 3.63) is 148 Å². The van der Waals surface area contributed by atoms with E-state index in [0.29, 0.717) is 87.0 Å². The fourth-order valence-electron chi connectivity index (χ4n) is 8.68. The Bertz CT molecular complexity index is 3670. The molecule has 0 radical (unpaired) electrons. The lowest BCUT2D eigenvalue weighted by molar-refractivity contribution is -0.141. The van der Waals surface area contributed by atoms with Crippen LogP contribution in [0.15, 0.2) is 97.6 Å². The standard InChI is InChI=1S/C53H52F6N18O3/c1-28-8-9-35(67-51(80)33-17-41(53(57,58)59)71-44(18-33)62-6)20-39(28)69-48-22-37(73-77(48)46-24-43(61-5)64-27-66-46)15-31-14-36(21-40(30(31)3)70-47-12-29(2)72-76(47)45-23-42(60-4)63-26-65-45)68-50(79)32-13-34(52(54,55)56)19-38(16-32)75-11-10-74(7)25-49(75)78/h8-9,12-14,16-24,26-27,69-70H,10-11,15,25H2,1-7H3,(H,62,71)(H,67,80)(H,68,79)(H,60,63,65)(H,61,64,66). The van der Waals surface area contributed by atoms with Crippen LogP contribution in [0.3, 0.4) is 0 Å². The molecule has 414 valence electrons. The van der Waals surface area contributed by atoms with Crippen LogP contribution in [0.5, 0.6) is 0 Å². The van der Waals surface area contributed by atoms with Crippen LogP contribution in [0.4, 0.5) is 83.9 Å². The molecule has 1 saturated heterocycles. The number of halogens is 6. The molecule has 0 unspecified atom stereocenters. The summed E-state index contributed by atoms with van der Waals surface area (Å²) < 4.78 is 87.8. The molecule has 1 fully saturated rings. The molecule has 1 aliphatic rings. The van der Waals surface area contributed by atoms with Gasteiger partial charge >= 0.3 is 12.4 Å². The van der Waals surface area contributed by atoms with Crippen molar-refractivity contribution in [3.63, 3.8) is 0 Å². The van der Waals surface area contributed by atoms with E-state index in [-0.39, 0.29) is 53.5 Å². The minimum atomic E-state index is -4.85. The first-order valence-electron chi connectivity index (χ1n) is 24.6. The van der Waals surface area contributed by atoms with E-state index in [1.165, 1.54) is 41.4 Å². The third kappa shape index (κ3) is 12.4. The molecule has 6 heterocycles. The molecule has 5 aromatic heterocycles. The zero-order valence-electron chi connectivity index (χ0n) is 44.0. The van der Waals surface area contributed by atoms with Gasteiger partial charge in [-0.2, -0.15) is 45.9 Å². The molecular weight excluding hydrogens is 1050 g/mol. The first-order chi connectivity index (χ1) is 38.0. The number of nitrogens with zero attached hydrogens (tertiary/aromatic N) is 11. The zero-order chi connectivity index (χ0) is 57.2. The van der Waals surface area contributed by atoms with Gasteiger partial charge in [0.05, 0.1) is 23.5 Å². The van der Waals surface area contributed by atoms with E-state index < -0.39 is 41.3 Å². The Balaban J connectivity index is 1.10. The number of piperazine rings is 1. The quantitative estimate of drug-likeness (QED) is 0.0447. The Morgan fingerprint density at radius 2 is 1.24 bits per heavy atom. The maximum absolute atomic E-state index is 14.5. The van der Waals surface area contributed by atoms with Crippen molar-refractivity contribution in [2.45, 2.75) is 39.5 Å². The van der Waals surface area contributed by atoms with Gasteiger partial charge in [-0.05, 0) is 99.1 Å². The van der Waals surface area contributed by atoms with Crippen LogP contribution in [0.1, 0.15) is 60.1 Å². The average Bonchev–Trinajstić information content (AvgIpc) is 4.04. The number of anilines is 10. The first-order valence-corrected chi connectivity index (χ1v) is 24.6. The van der Waals surface area contributed by atoms with Crippen LogP contribution < -0.4 is 42.1 Å². The zero-order valence-corrected chi connectivity index (χ0v) is 44.0. The highest BCUT2D eigenvalue weighted by molar-refractivity contribution is 6.07. The van der Waals surface area contributed by atoms with Crippen LogP contribution in [0.2, 0.25) is 0 Å². The number of pyridine rings is 1. The molecule has 0 saturated carbocycles. The molecule has 80 heavy (non-hydrogen) atoms. The molecule has 0 bridgehead atoms. The summed E-state index contributed by atoms with van der Waals surface area (Å²) in [6.45, 7) is 5.94. The topological polar surface area (TPSA) is 242 Å². The van der Waals surface area contributed by atoms with E-state index in [4.69, 9.17) is 5.10 Å². The molecule has 8 aromatic rings. The summed E-state index contributed by atoms with van der Waals surface area (Å²) in [4.78, 5) is 64.8. The predicted molar refractivity (Wildman–Crippen MR) is 290 cm³/mol. The number of amides is 3. The van der Waals surface area contributed by atoms with Crippen LogP contribution in [0.25, 0.3) is 11.6 Å². The highest BCUT2D eigenvalue weighted by Gasteiger charge is 2.35. The normalized spacial score (nSPS) is 13.0. The molecule has 0 atom stereocenters. The Morgan fingerprint density at radius 3 is 1.88 bits per heavy atom. The summed E-state index contributed by atoms with van der Waals surface area (Å²) in [5.74, 6) is 0.281. The van der Waals surface area contributed by atoms with Gasteiger partial charge in [0, 0.05) is 104 Å². The van der Waals surface area contributed by atoms with Crippen molar-refractivity contribution in [2.24, 2.45) is 0 Å². The van der Waals surface area contributed by atoms with Crippen LogP contribution >= 0.6 is 0 Å². The molecule has 7 N–H and O–H groups in total. The fraction of sp³-hybridized carbons (Fsp3) is 0.245. The van der Waals surface area contributed by atoms with Crippen LogP contribution in [-0.2, 0) is 23.6 Å². The number of carbonyl (C=O) groups excluding carboxylic acids is 3. The van der Waals surface area contributed by atoms with E-state index in [1.807, 2.05) is 6.92 Å². The molecular formula is C53H52F6N18O3. The molecule has 3 aromatic carbocycles. The lowest BCUT2D eigenvalue weighted by Gasteiger charge is -2.32. The predicted octanol–water partition coefficient (Wildman–Crippen LogP) is 8.98. The molecule has 21 nitrogen and oxygen atoms in total. The highest BCUT2D eigenvalue weighted by atomic mass is 19.4. The van der Waals surface area contributed by atoms with Crippen molar-refractivity contribution in [1.82, 2.24) is 49.4 Å². The Labute approximate surface area is 453 Å². The summed E-state index contributed by atoms with van der Waals surface area (Å²) >= 11 is 0. The van der Waals surface area contributed by atoms with Gasteiger partial charge in [-0.15, -0.1) is 0 Å². The van der Waals surface area contributed by atoms with Gasteiger partial charge in [-0.1, -0.05) is 6.07 Å². The number of hydrogen-bond acceptors (Lipinski definition) is 16. The van der Waals surface area contributed by atoms with Gasteiger partial charge in [-0.25, -0.2) is 24.9 Å². The highest BCUT2D eigenvalue weighted by Crippen LogP contribution is 2.37. The third-order valence-corrected chi connectivity index (χ3v) is 12.9. The number of alkyl halides is 6. The Morgan fingerprint density at radius 1 is 0.625 bits per heavy atom. The van der Waals surface area contributed by atoms with Gasteiger partial charge in [0.25, 0.3) is 11.8 Å². The van der Waals surface area contributed by atoms with Gasteiger partial charge in [0.1, 0.15) is 47.4 Å². The van der Waals surface area contributed by atoms with Crippen molar-refractivity contribution in [1.29, 1.82) is 0 Å². The second-order valence-corrected chi connectivity index (χ2v) is 18.6. The SMILES string of the molecule is CNc1cc(-n2nc(Cc3cc(NC(=O)c4cc(N5CCN(C)CC5=O)cc(C(F)(F)F)c4)cc(Nc4cc(C)nn4-c4cc(NC)ncn4)c3C)cc2Nc2cc(NC(=O)c3cc(NC)nc(C(F)(F)F)c3)ccc2C)ncn1. The van der Waals surface area contributed by atoms with E-state index >= 15 is 0 Å². The number of aromatic nitrogens is 9. The lowest BCUT2D eigenvalue weighted by atomic mass is 10.0. The van der Waals surface area contributed by atoms with E-state index in [1.54, 1.807) is 99.2 Å². The lowest BCUT2D eigenvalue weighted by Crippen LogP contribution is -2.49. The second-order valence-electron chi connectivity index (χ2n) is 18.6. The van der Waals surface area contributed by atoms with Crippen molar-refractivity contribution in [2.75, 3.05) is 89.9 Å². The summed E-state index contributed by atoms with van der Waals surface area (Å²) in [5.41, 5.74) is 1.35. The van der Waals surface area contributed by atoms with E-state index in [2.05, 4.69) is 67.2 Å².